The van der Waals surface area contributed by atoms with Crippen LogP contribution in [-0.2, 0) is 4.79 Å². The van der Waals surface area contributed by atoms with E-state index in [4.69, 9.17) is 4.74 Å². The summed E-state index contributed by atoms with van der Waals surface area (Å²) in [7, 11) is 1.61. The molecule has 0 aliphatic heterocycles. The summed E-state index contributed by atoms with van der Waals surface area (Å²) in [5, 5.41) is 6.85. The van der Waals surface area contributed by atoms with Crippen molar-refractivity contribution in [3.63, 3.8) is 0 Å². The molecule has 0 saturated carbocycles. The molecule has 6 nitrogen and oxygen atoms in total. The van der Waals surface area contributed by atoms with Crippen LogP contribution >= 0.6 is 0 Å². The molecule has 1 aromatic heterocycles. The SMILES string of the molecule is COc1ccc(NCC(=O)N/N=C/c2cccnc2)cc1. The first kappa shape index (κ1) is 14.5. The molecule has 1 amide bonds. The average Bonchev–Trinajstić information content (AvgIpc) is 2.54. The van der Waals surface area contributed by atoms with Crippen LogP contribution in [0.1, 0.15) is 5.56 Å². The fourth-order valence-electron chi connectivity index (χ4n) is 1.56. The maximum absolute atomic E-state index is 11.6. The molecule has 0 fully saturated rings. The van der Waals surface area contributed by atoms with Crippen LogP contribution < -0.4 is 15.5 Å². The number of amides is 1. The van der Waals surface area contributed by atoms with Gasteiger partial charge in [0.1, 0.15) is 5.75 Å². The Kier molecular flexibility index (Phi) is 5.28. The number of nitrogens with one attached hydrogen (secondary N) is 2. The fourth-order valence-corrected chi connectivity index (χ4v) is 1.56. The van der Waals surface area contributed by atoms with Crippen molar-refractivity contribution >= 4 is 17.8 Å². The minimum Gasteiger partial charge on any atom is -0.497 e. The largest absolute Gasteiger partial charge is 0.497 e. The fraction of sp³-hybridized carbons (Fsp3) is 0.133. The van der Waals surface area contributed by atoms with Crippen LogP contribution in [0.25, 0.3) is 0 Å². The minimum absolute atomic E-state index is 0.136. The number of rotatable bonds is 6. The highest BCUT2D eigenvalue weighted by atomic mass is 16.5. The molecule has 6 heteroatoms. The zero-order valence-electron chi connectivity index (χ0n) is 11.6. The first-order valence-electron chi connectivity index (χ1n) is 6.38. The number of methoxy groups -OCH3 is 1. The van der Waals surface area contributed by atoms with Crippen molar-refractivity contribution in [2.75, 3.05) is 19.0 Å². The van der Waals surface area contributed by atoms with Gasteiger partial charge in [-0.3, -0.25) is 9.78 Å². The van der Waals surface area contributed by atoms with E-state index in [1.54, 1.807) is 25.6 Å². The predicted molar refractivity (Wildman–Crippen MR) is 81.5 cm³/mol. The smallest absolute Gasteiger partial charge is 0.259 e. The molecular weight excluding hydrogens is 268 g/mol. The molecule has 0 atom stereocenters. The Morgan fingerprint density at radius 2 is 2.14 bits per heavy atom. The Hall–Kier alpha value is -2.89. The second-order valence-electron chi connectivity index (χ2n) is 4.16. The number of hydrogen-bond acceptors (Lipinski definition) is 5. The van der Waals surface area contributed by atoms with Crippen LogP contribution in [0.15, 0.2) is 53.9 Å². The van der Waals surface area contributed by atoms with Crippen molar-refractivity contribution in [2.45, 2.75) is 0 Å². The van der Waals surface area contributed by atoms with Crippen molar-refractivity contribution in [2.24, 2.45) is 5.10 Å². The quantitative estimate of drug-likeness (QED) is 0.625. The van der Waals surface area contributed by atoms with Crippen molar-refractivity contribution in [3.05, 3.63) is 54.4 Å². The van der Waals surface area contributed by atoms with Gasteiger partial charge in [0.15, 0.2) is 0 Å². The lowest BCUT2D eigenvalue weighted by Crippen LogP contribution is -2.25. The monoisotopic (exact) mass is 284 g/mol. The molecule has 0 saturated heterocycles. The standard InChI is InChI=1S/C15H16N4O2/c1-21-14-6-4-13(5-7-14)17-11-15(20)19-18-10-12-3-2-8-16-9-12/h2-10,17H,11H2,1H3,(H,19,20)/b18-10+. The van der Waals surface area contributed by atoms with E-state index in [0.717, 1.165) is 17.0 Å². The normalized spacial score (nSPS) is 10.3. The number of hydrazone groups is 1. The molecule has 2 rings (SSSR count). The number of pyridine rings is 1. The van der Waals surface area contributed by atoms with E-state index >= 15 is 0 Å². The number of anilines is 1. The van der Waals surface area contributed by atoms with Gasteiger partial charge in [-0.1, -0.05) is 6.07 Å². The molecule has 1 aromatic carbocycles. The summed E-state index contributed by atoms with van der Waals surface area (Å²) in [4.78, 5) is 15.5. The third-order valence-electron chi connectivity index (χ3n) is 2.63. The van der Waals surface area contributed by atoms with Crippen LogP contribution in [0.3, 0.4) is 0 Å². The summed E-state index contributed by atoms with van der Waals surface area (Å²) in [5.74, 6) is 0.539. The third kappa shape index (κ3) is 4.94. The Bertz CT molecular complexity index is 597. The first-order chi connectivity index (χ1) is 10.3. The zero-order chi connectivity index (χ0) is 14.9. The van der Waals surface area contributed by atoms with Crippen LogP contribution in [0.4, 0.5) is 5.69 Å². The van der Waals surface area contributed by atoms with Crippen LogP contribution in [0.2, 0.25) is 0 Å². The Labute approximate surface area is 122 Å². The third-order valence-corrected chi connectivity index (χ3v) is 2.63. The summed E-state index contributed by atoms with van der Waals surface area (Å²) in [6.07, 6.45) is 4.87. The highest BCUT2D eigenvalue weighted by Crippen LogP contribution is 2.14. The lowest BCUT2D eigenvalue weighted by atomic mass is 10.3. The molecule has 0 radical (unpaired) electrons. The van der Waals surface area contributed by atoms with Gasteiger partial charge < -0.3 is 10.1 Å². The van der Waals surface area contributed by atoms with Gasteiger partial charge in [0.2, 0.25) is 0 Å². The van der Waals surface area contributed by atoms with Crippen molar-refractivity contribution in [1.29, 1.82) is 0 Å². The van der Waals surface area contributed by atoms with Crippen LogP contribution in [0.5, 0.6) is 5.75 Å². The maximum atomic E-state index is 11.6. The molecular formula is C15H16N4O2. The number of hydrogen-bond donors (Lipinski definition) is 2. The van der Waals surface area contributed by atoms with Crippen LogP contribution in [0, 0.1) is 0 Å². The Balaban J connectivity index is 1.75. The number of aromatic nitrogens is 1. The van der Waals surface area contributed by atoms with E-state index in [0.29, 0.717) is 0 Å². The van der Waals surface area contributed by atoms with E-state index in [-0.39, 0.29) is 12.5 Å². The zero-order valence-corrected chi connectivity index (χ0v) is 11.6. The van der Waals surface area contributed by atoms with E-state index in [1.807, 2.05) is 30.3 Å². The molecule has 0 spiro atoms. The van der Waals surface area contributed by atoms with Gasteiger partial charge >= 0.3 is 0 Å². The molecule has 0 aliphatic rings. The molecule has 0 bridgehead atoms. The lowest BCUT2D eigenvalue weighted by Gasteiger charge is -2.06. The lowest BCUT2D eigenvalue weighted by molar-refractivity contribution is -0.119. The van der Waals surface area contributed by atoms with E-state index in [1.165, 1.54) is 6.21 Å². The van der Waals surface area contributed by atoms with E-state index in [9.17, 15) is 4.79 Å². The minimum atomic E-state index is -0.231. The number of ether oxygens (including phenoxy) is 1. The topological polar surface area (TPSA) is 75.6 Å². The molecule has 2 aromatic rings. The van der Waals surface area contributed by atoms with Gasteiger partial charge in [0, 0.05) is 23.6 Å². The summed E-state index contributed by atoms with van der Waals surface area (Å²) < 4.78 is 5.06. The Morgan fingerprint density at radius 3 is 2.81 bits per heavy atom. The van der Waals surface area contributed by atoms with Crippen molar-refractivity contribution in [3.8, 4) is 5.75 Å². The second kappa shape index (κ2) is 7.64. The summed E-state index contributed by atoms with van der Waals surface area (Å²) >= 11 is 0. The second-order valence-corrected chi connectivity index (χ2v) is 4.16. The van der Waals surface area contributed by atoms with Crippen molar-refractivity contribution < 1.29 is 9.53 Å². The molecule has 21 heavy (non-hydrogen) atoms. The van der Waals surface area contributed by atoms with Gasteiger partial charge in [-0.15, -0.1) is 0 Å². The predicted octanol–water partition coefficient (Wildman–Crippen LogP) is 1.65. The van der Waals surface area contributed by atoms with Gasteiger partial charge in [0.05, 0.1) is 19.9 Å². The van der Waals surface area contributed by atoms with Gasteiger partial charge in [-0.2, -0.15) is 5.10 Å². The molecule has 0 unspecified atom stereocenters. The number of carbonyl (C=O) groups excluding carboxylic acids is 1. The van der Waals surface area contributed by atoms with Gasteiger partial charge in [0.25, 0.3) is 5.91 Å². The maximum Gasteiger partial charge on any atom is 0.259 e. The Morgan fingerprint density at radius 1 is 1.33 bits per heavy atom. The molecule has 2 N–H and O–H groups in total. The summed E-state index contributed by atoms with van der Waals surface area (Å²) in [6.45, 7) is 0.136. The average molecular weight is 284 g/mol. The van der Waals surface area contributed by atoms with E-state index < -0.39 is 0 Å². The molecule has 1 heterocycles. The highest BCUT2D eigenvalue weighted by Gasteiger charge is 1.99. The van der Waals surface area contributed by atoms with E-state index in [2.05, 4.69) is 20.8 Å². The number of nitrogens with zero attached hydrogens (tertiary/aromatic N) is 2. The first-order valence-corrected chi connectivity index (χ1v) is 6.38. The van der Waals surface area contributed by atoms with Gasteiger partial charge in [-0.25, -0.2) is 5.43 Å². The van der Waals surface area contributed by atoms with Crippen molar-refractivity contribution in [1.82, 2.24) is 10.4 Å². The molecule has 108 valence electrons. The summed E-state index contributed by atoms with van der Waals surface area (Å²) in [6, 6.07) is 11.0. The highest BCUT2D eigenvalue weighted by molar-refractivity contribution is 5.84. The van der Waals surface area contributed by atoms with Gasteiger partial charge in [-0.05, 0) is 30.3 Å². The molecule has 0 aliphatic carbocycles. The number of carbonyl (C=O) groups is 1. The van der Waals surface area contributed by atoms with Crippen LogP contribution in [-0.4, -0.2) is 30.8 Å². The number of benzene rings is 1. The summed E-state index contributed by atoms with van der Waals surface area (Å²) in [5.41, 5.74) is 4.10.